The van der Waals surface area contributed by atoms with Gasteiger partial charge in [-0.05, 0) is 43.9 Å². The van der Waals surface area contributed by atoms with E-state index in [2.05, 4.69) is 18.2 Å². The number of benzene rings is 1. The average molecular weight is 203 g/mol. The molecule has 0 saturated heterocycles. The Balaban J connectivity index is 2.99. The van der Waals surface area contributed by atoms with Crippen molar-refractivity contribution in [3.8, 4) is 6.07 Å². The van der Waals surface area contributed by atoms with Crippen molar-refractivity contribution in [2.75, 3.05) is 0 Å². The molecule has 0 amide bonds. The molecule has 2 nitrogen and oxygen atoms in total. The maximum absolute atomic E-state index is 9.95. The van der Waals surface area contributed by atoms with Crippen LogP contribution in [-0.4, -0.2) is 5.11 Å². The third-order valence-corrected chi connectivity index (χ3v) is 2.60. The molecular weight excluding hydrogens is 186 g/mol. The zero-order valence-corrected chi connectivity index (χ0v) is 9.54. The van der Waals surface area contributed by atoms with Crippen LogP contribution in [0.2, 0.25) is 0 Å². The van der Waals surface area contributed by atoms with Crippen molar-refractivity contribution >= 4 is 0 Å². The summed E-state index contributed by atoms with van der Waals surface area (Å²) in [7, 11) is 0. The Morgan fingerprint density at radius 3 is 2.27 bits per heavy atom. The number of hydrogen-bond acceptors (Lipinski definition) is 2. The fourth-order valence-corrected chi connectivity index (χ4v) is 2.06. The van der Waals surface area contributed by atoms with Gasteiger partial charge < -0.3 is 5.11 Å². The summed E-state index contributed by atoms with van der Waals surface area (Å²) in [5.74, 6) is 0. The van der Waals surface area contributed by atoms with Gasteiger partial charge in [0.15, 0.2) is 0 Å². The quantitative estimate of drug-likeness (QED) is 0.820. The topological polar surface area (TPSA) is 44.0 Å². The van der Waals surface area contributed by atoms with Crippen molar-refractivity contribution in [2.45, 2.75) is 39.7 Å². The minimum absolute atomic E-state index is 0.397. The summed E-state index contributed by atoms with van der Waals surface area (Å²) in [4.78, 5) is 0. The van der Waals surface area contributed by atoms with Crippen LogP contribution in [-0.2, 0) is 0 Å². The van der Waals surface area contributed by atoms with Gasteiger partial charge in [0.2, 0.25) is 0 Å². The molecule has 0 aliphatic heterocycles. The first kappa shape index (κ1) is 11.7. The molecule has 0 fully saturated rings. The van der Waals surface area contributed by atoms with E-state index in [1.165, 1.54) is 5.56 Å². The highest BCUT2D eigenvalue weighted by Crippen LogP contribution is 2.26. The van der Waals surface area contributed by atoms with Gasteiger partial charge in [0, 0.05) is 6.42 Å². The third kappa shape index (κ3) is 2.81. The summed E-state index contributed by atoms with van der Waals surface area (Å²) in [5.41, 5.74) is 4.41. The predicted octanol–water partition coefficient (Wildman–Crippen LogP) is 2.95. The van der Waals surface area contributed by atoms with Crippen LogP contribution in [0.25, 0.3) is 0 Å². The fraction of sp³-hybridized carbons (Fsp3) is 0.462. The summed E-state index contributed by atoms with van der Waals surface area (Å²) in [6.07, 6.45) is 0.403. The average Bonchev–Trinajstić information content (AvgIpc) is 2.12. The molecule has 0 aromatic heterocycles. The molecule has 1 unspecified atom stereocenters. The molecular formula is C13H17NO. The molecule has 0 heterocycles. The van der Waals surface area contributed by atoms with E-state index in [0.29, 0.717) is 12.8 Å². The Bertz CT molecular complexity index is 367. The zero-order chi connectivity index (χ0) is 11.4. The summed E-state index contributed by atoms with van der Waals surface area (Å²) >= 11 is 0. The summed E-state index contributed by atoms with van der Waals surface area (Å²) < 4.78 is 0. The normalized spacial score (nSPS) is 12.2. The molecule has 1 atom stereocenters. The molecule has 1 rings (SSSR count). The number of aliphatic hydroxyl groups excluding tert-OH is 1. The lowest BCUT2D eigenvalue weighted by molar-refractivity contribution is 0.168. The highest BCUT2D eigenvalue weighted by atomic mass is 16.3. The molecule has 15 heavy (non-hydrogen) atoms. The van der Waals surface area contributed by atoms with Gasteiger partial charge in [0.05, 0.1) is 12.2 Å². The molecule has 0 radical (unpaired) electrons. The van der Waals surface area contributed by atoms with Gasteiger partial charge in [-0.1, -0.05) is 17.7 Å². The number of aryl methyl sites for hydroxylation is 3. The standard InChI is InChI=1S/C13H17NO/c1-9-7-10(2)13(11(3)8-9)12(15)5-4-6-14/h7-8,12,15H,4-5H2,1-3H3. The molecule has 0 spiro atoms. The first-order valence-electron chi connectivity index (χ1n) is 5.19. The second kappa shape index (κ2) is 4.95. The zero-order valence-electron chi connectivity index (χ0n) is 9.54. The maximum Gasteiger partial charge on any atom is 0.0805 e. The van der Waals surface area contributed by atoms with Crippen LogP contribution in [0, 0.1) is 32.1 Å². The fourth-order valence-electron chi connectivity index (χ4n) is 2.06. The first-order valence-corrected chi connectivity index (χ1v) is 5.19. The number of aliphatic hydroxyl groups is 1. The van der Waals surface area contributed by atoms with Crippen LogP contribution < -0.4 is 0 Å². The molecule has 1 aromatic carbocycles. The molecule has 0 bridgehead atoms. The lowest BCUT2D eigenvalue weighted by Crippen LogP contribution is -2.03. The minimum atomic E-state index is -0.509. The van der Waals surface area contributed by atoms with Crippen LogP contribution in [0.15, 0.2) is 12.1 Å². The molecule has 0 saturated carbocycles. The second-order valence-electron chi connectivity index (χ2n) is 4.02. The lowest BCUT2D eigenvalue weighted by Gasteiger charge is -2.16. The monoisotopic (exact) mass is 203 g/mol. The van der Waals surface area contributed by atoms with E-state index in [1.807, 2.05) is 20.8 Å². The number of rotatable bonds is 3. The molecule has 0 aliphatic carbocycles. The lowest BCUT2D eigenvalue weighted by atomic mass is 9.93. The van der Waals surface area contributed by atoms with Crippen molar-refractivity contribution in [1.82, 2.24) is 0 Å². The molecule has 0 aliphatic rings. The van der Waals surface area contributed by atoms with Gasteiger partial charge in [0.25, 0.3) is 0 Å². The number of hydrogen-bond donors (Lipinski definition) is 1. The largest absolute Gasteiger partial charge is 0.388 e. The van der Waals surface area contributed by atoms with Crippen LogP contribution >= 0.6 is 0 Å². The van der Waals surface area contributed by atoms with E-state index in [1.54, 1.807) is 0 Å². The van der Waals surface area contributed by atoms with Crippen LogP contribution in [0.4, 0.5) is 0 Å². The summed E-state index contributed by atoms with van der Waals surface area (Å²) in [6, 6.07) is 6.19. The van der Waals surface area contributed by atoms with Crippen molar-refractivity contribution < 1.29 is 5.11 Å². The predicted molar refractivity (Wildman–Crippen MR) is 60.5 cm³/mol. The van der Waals surface area contributed by atoms with E-state index in [4.69, 9.17) is 5.26 Å². The highest BCUT2D eigenvalue weighted by Gasteiger charge is 2.13. The second-order valence-corrected chi connectivity index (χ2v) is 4.02. The maximum atomic E-state index is 9.95. The van der Waals surface area contributed by atoms with E-state index in [0.717, 1.165) is 16.7 Å². The first-order chi connectivity index (χ1) is 7.06. The molecule has 1 N–H and O–H groups in total. The van der Waals surface area contributed by atoms with Crippen molar-refractivity contribution in [3.05, 3.63) is 34.4 Å². The Morgan fingerprint density at radius 1 is 1.27 bits per heavy atom. The van der Waals surface area contributed by atoms with Crippen molar-refractivity contribution in [1.29, 1.82) is 5.26 Å². The van der Waals surface area contributed by atoms with Crippen LogP contribution in [0.3, 0.4) is 0 Å². The Labute approximate surface area is 91.2 Å². The SMILES string of the molecule is Cc1cc(C)c(C(O)CCC#N)c(C)c1. The van der Waals surface area contributed by atoms with Gasteiger partial charge in [-0.2, -0.15) is 5.26 Å². The van der Waals surface area contributed by atoms with Gasteiger partial charge in [-0.25, -0.2) is 0 Å². The minimum Gasteiger partial charge on any atom is -0.388 e. The number of nitrogens with zero attached hydrogens (tertiary/aromatic N) is 1. The van der Waals surface area contributed by atoms with E-state index >= 15 is 0 Å². The number of nitriles is 1. The molecule has 2 heteroatoms. The van der Waals surface area contributed by atoms with Crippen molar-refractivity contribution in [2.24, 2.45) is 0 Å². The third-order valence-electron chi connectivity index (χ3n) is 2.60. The Morgan fingerprint density at radius 2 is 1.80 bits per heavy atom. The Kier molecular flexibility index (Phi) is 3.88. The smallest absolute Gasteiger partial charge is 0.0805 e. The van der Waals surface area contributed by atoms with Gasteiger partial charge in [0.1, 0.15) is 0 Å². The summed E-state index contributed by atoms with van der Waals surface area (Å²) in [5, 5.41) is 18.4. The van der Waals surface area contributed by atoms with Gasteiger partial charge in [-0.3, -0.25) is 0 Å². The van der Waals surface area contributed by atoms with Crippen LogP contribution in [0.1, 0.15) is 41.2 Å². The molecule has 80 valence electrons. The Hall–Kier alpha value is -1.33. The van der Waals surface area contributed by atoms with Crippen molar-refractivity contribution in [3.63, 3.8) is 0 Å². The molecule has 1 aromatic rings. The van der Waals surface area contributed by atoms with Gasteiger partial charge >= 0.3 is 0 Å². The van der Waals surface area contributed by atoms with E-state index < -0.39 is 6.10 Å². The van der Waals surface area contributed by atoms with E-state index in [9.17, 15) is 5.11 Å². The highest BCUT2D eigenvalue weighted by molar-refractivity contribution is 5.38. The van der Waals surface area contributed by atoms with Crippen LogP contribution in [0.5, 0.6) is 0 Å². The van der Waals surface area contributed by atoms with E-state index in [-0.39, 0.29) is 0 Å². The van der Waals surface area contributed by atoms with Gasteiger partial charge in [-0.15, -0.1) is 0 Å². The summed E-state index contributed by atoms with van der Waals surface area (Å²) in [6.45, 7) is 6.06.